The Balaban J connectivity index is 0. The zero-order chi connectivity index (χ0) is 4.83. The second kappa shape index (κ2) is 9.44. The summed E-state index contributed by atoms with van der Waals surface area (Å²) in [7, 11) is 0. The Kier molecular flexibility index (Phi) is 13.7. The minimum Gasteiger partial charge on any atom is -0.0991 e. The van der Waals surface area contributed by atoms with Crippen LogP contribution in [0.15, 0.2) is 24.8 Å². The van der Waals surface area contributed by atoms with Crippen molar-refractivity contribution in [3.63, 3.8) is 0 Å². The summed E-state index contributed by atoms with van der Waals surface area (Å²) in [5.41, 5.74) is 0. The second-order valence-corrected chi connectivity index (χ2v) is 1.07. The van der Waals surface area contributed by atoms with E-state index in [-0.39, 0.29) is 19.5 Å². The third-order valence-electron chi connectivity index (χ3n) is 0.508. The molecule has 0 N–H and O–H groups in total. The molecular weight excluding hydrogens is 175 g/mol. The third kappa shape index (κ3) is 10.7. The van der Waals surface area contributed by atoms with E-state index in [4.69, 9.17) is 0 Å². The minimum absolute atomic E-state index is 0. The average Bonchev–Trinajstić information content (AvgIpc) is 1.61. The quantitative estimate of drug-likeness (QED) is 0.456. The first kappa shape index (κ1) is 10.2. The van der Waals surface area contributed by atoms with Crippen LogP contribution in [-0.2, 0) is 19.5 Å². The van der Waals surface area contributed by atoms with E-state index >= 15 is 0 Å². The average molecular weight is 185 g/mol. The normalized spacial score (nSPS) is 8.14. The summed E-state index contributed by atoms with van der Waals surface area (Å²) in [5.74, 6) is 0. The van der Waals surface area contributed by atoms with Gasteiger partial charge in [0.15, 0.2) is 0 Å². The van der Waals surface area contributed by atoms with Crippen LogP contribution in [0.1, 0.15) is 13.3 Å². The van der Waals surface area contributed by atoms with Gasteiger partial charge in [-0.1, -0.05) is 31.7 Å². The summed E-state index contributed by atoms with van der Waals surface area (Å²) in [6.07, 6.45) is 6.89. The molecule has 0 atom stereocenters. The van der Waals surface area contributed by atoms with Gasteiger partial charge >= 0.3 is 19.5 Å². The van der Waals surface area contributed by atoms with E-state index in [9.17, 15) is 0 Å². The Bertz CT molecular complexity index is 55.2. The number of allylic oxidation sites excluding steroid dienone is 3. The van der Waals surface area contributed by atoms with Crippen molar-refractivity contribution >= 4 is 0 Å². The van der Waals surface area contributed by atoms with E-state index in [0.29, 0.717) is 0 Å². The topological polar surface area (TPSA) is 0 Å². The minimum atomic E-state index is 0. The first-order valence-corrected chi connectivity index (χ1v) is 2.19. The monoisotopic (exact) mass is 185 g/mol. The van der Waals surface area contributed by atoms with Crippen LogP contribution in [0.5, 0.6) is 0 Å². The van der Waals surface area contributed by atoms with Gasteiger partial charge in [0.1, 0.15) is 0 Å². The Morgan fingerprint density at radius 2 is 2.14 bits per heavy atom. The number of rotatable bonds is 2. The van der Waals surface area contributed by atoms with Crippen LogP contribution in [0.2, 0.25) is 0 Å². The maximum atomic E-state index is 3.51. The van der Waals surface area contributed by atoms with Crippen molar-refractivity contribution in [1.29, 1.82) is 0 Å². The molecule has 0 aliphatic rings. The molecule has 0 spiro atoms. The molecule has 0 aliphatic heterocycles. The van der Waals surface area contributed by atoms with Gasteiger partial charge in [-0.2, -0.15) is 0 Å². The van der Waals surface area contributed by atoms with Gasteiger partial charge in [0, 0.05) is 0 Å². The van der Waals surface area contributed by atoms with Crippen LogP contribution in [0, 0.1) is 0 Å². The van der Waals surface area contributed by atoms with Crippen LogP contribution in [0.3, 0.4) is 0 Å². The molecule has 41 valence electrons. The molecule has 0 aromatic heterocycles. The SMILES string of the molecule is C=C/C=C/CC.[Rh+2]. The Labute approximate surface area is 58.1 Å². The smallest absolute Gasteiger partial charge is 0.0991 e. The molecule has 1 radical (unpaired) electrons. The van der Waals surface area contributed by atoms with Gasteiger partial charge in [0.25, 0.3) is 0 Å². The van der Waals surface area contributed by atoms with Crippen molar-refractivity contribution in [3.8, 4) is 0 Å². The largest absolute Gasteiger partial charge is 2.00 e. The van der Waals surface area contributed by atoms with Crippen LogP contribution < -0.4 is 0 Å². The zero-order valence-electron chi connectivity index (χ0n) is 4.48. The van der Waals surface area contributed by atoms with E-state index in [0.717, 1.165) is 6.42 Å². The van der Waals surface area contributed by atoms with Gasteiger partial charge in [-0.15, -0.1) is 0 Å². The molecule has 0 fully saturated rings. The summed E-state index contributed by atoms with van der Waals surface area (Å²) >= 11 is 0. The summed E-state index contributed by atoms with van der Waals surface area (Å²) < 4.78 is 0. The predicted octanol–water partition coefficient (Wildman–Crippen LogP) is 2.14. The molecule has 0 aliphatic carbocycles. The molecule has 0 rings (SSSR count). The number of hydrogen-bond acceptors (Lipinski definition) is 0. The van der Waals surface area contributed by atoms with Gasteiger partial charge in [0.2, 0.25) is 0 Å². The van der Waals surface area contributed by atoms with Crippen LogP contribution in [0.25, 0.3) is 0 Å². The van der Waals surface area contributed by atoms with Gasteiger partial charge < -0.3 is 0 Å². The summed E-state index contributed by atoms with van der Waals surface area (Å²) in [4.78, 5) is 0. The van der Waals surface area contributed by atoms with Crippen LogP contribution in [0.4, 0.5) is 0 Å². The molecule has 7 heavy (non-hydrogen) atoms. The van der Waals surface area contributed by atoms with E-state index in [1.807, 2.05) is 6.08 Å². The maximum absolute atomic E-state index is 3.51. The zero-order valence-corrected chi connectivity index (χ0v) is 6.12. The van der Waals surface area contributed by atoms with E-state index in [1.165, 1.54) is 0 Å². The summed E-state index contributed by atoms with van der Waals surface area (Å²) in [5, 5.41) is 0. The van der Waals surface area contributed by atoms with Crippen molar-refractivity contribution < 1.29 is 19.5 Å². The van der Waals surface area contributed by atoms with E-state index in [1.54, 1.807) is 6.08 Å². The van der Waals surface area contributed by atoms with Gasteiger partial charge in [-0.25, -0.2) is 0 Å². The van der Waals surface area contributed by atoms with Crippen molar-refractivity contribution in [3.05, 3.63) is 24.8 Å². The van der Waals surface area contributed by atoms with Crippen LogP contribution in [-0.4, -0.2) is 0 Å². The van der Waals surface area contributed by atoms with Crippen molar-refractivity contribution in [2.75, 3.05) is 0 Å². The molecule has 0 nitrogen and oxygen atoms in total. The van der Waals surface area contributed by atoms with E-state index < -0.39 is 0 Å². The Hall–Kier alpha value is 0.103. The van der Waals surface area contributed by atoms with Crippen molar-refractivity contribution in [2.24, 2.45) is 0 Å². The molecule has 0 aromatic rings. The summed E-state index contributed by atoms with van der Waals surface area (Å²) in [6, 6.07) is 0. The second-order valence-electron chi connectivity index (χ2n) is 1.07. The first-order valence-electron chi connectivity index (χ1n) is 2.19. The molecule has 0 saturated heterocycles. The fraction of sp³-hybridized carbons (Fsp3) is 0.333. The standard InChI is InChI=1S/C6H10.Rh/c1-3-5-6-4-2;/h3,5-6H,1,4H2,2H3;/q;+2/b6-5+;. The molecular formula is C6H10Rh+2. The Morgan fingerprint density at radius 3 is 2.29 bits per heavy atom. The molecule has 0 aromatic carbocycles. The Morgan fingerprint density at radius 1 is 1.57 bits per heavy atom. The fourth-order valence-corrected chi connectivity index (χ4v) is 0.232. The predicted molar refractivity (Wildman–Crippen MR) is 29.6 cm³/mol. The van der Waals surface area contributed by atoms with Gasteiger partial charge in [-0.05, 0) is 6.42 Å². The third-order valence-corrected chi connectivity index (χ3v) is 0.508. The molecule has 0 heterocycles. The molecule has 0 amide bonds. The first-order chi connectivity index (χ1) is 2.91. The molecule has 0 bridgehead atoms. The number of hydrogen-bond donors (Lipinski definition) is 0. The van der Waals surface area contributed by atoms with Crippen molar-refractivity contribution in [2.45, 2.75) is 13.3 Å². The fourth-order valence-electron chi connectivity index (χ4n) is 0.232. The maximum Gasteiger partial charge on any atom is 2.00 e. The van der Waals surface area contributed by atoms with E-state index in [2.05, 4.69) is 19.6 Å². The molecule has 0 saturated carbocycles. The van der Waals surface area contributed by atoms with Gasteiger partial charge in [0.05, 0.1) is 0 Å². The van der Waals surface area contributed by atoms with Gasteiger partial charge in [-0.3, -0.25) is 0 Å². The van der Waals surface area contributed by atoms with Crippen molar-refractivity contribution in [1.82, 2.24) is 0 Å². The summed E-state index contributed by atoms with van der Waals surface area (Å²) in [6.45, 7) is 5.61. The molecule has 1 heteroatoms. The van der Waals surface area contributed by atoms with Crippen LogP contribution >= 0.6 is 0 Å². The molecule has 0 unspecified atom stereocenters.